The Kier molecular flexibility index (Phi) is 5.44. The van der Waals surface area contributed by atoms with Gasteiger partial charge in [0.1, 0.15) is 12.9 Å². The highest BCUT2D eigenvalue weighted by Gasteiger charge is 2.12. The number of carbonyl (C=O) groups is 1. The summed E-state index contributed by atoms with van der Waals surface area (Å²) in [6.07, 6.45) is 0.174. The van der Waals surface area contributed by atoms with Crippen molar-refractivity contribution in [1.82, 2.24) is 0 Å². The van der Waals surface area contributed by atoms with Crippen LogP contribution in [0.4, 0.5) is 0 Å². The molecule has 94 valence electrons. The normalized spacial score (nSPS) is 12.0. The quantitative estimate of drug-likeness (QED) is 0.820. The highest BCUT2D eigenvalue weighted by atomic mass is 79.9. The Labute approximate surface area is 109 Å². The number of aliphatic hydroxyl groups excluding tert-OH is 1. The van der Waals surface area contributed by atoms with Gasteiger partial charge in [0.25, 0.3) is 0 Å². The zero-order valence-electron chi connectivity index (χ0n) is 9.77. The first-order chi connectivity index (χ1) is 8.08. The topological polar surface area (TPSA) is 55.8 Å². The maximum Gasteiger partial charge on any atom is 0.175 e. The van der Waals surface area contributed by atoms with Crippen LogP contribution in [0.15, 0.2) is 16.6 Å². The average Bonchev–Trinajstić information content (AvgIpc) is 2.27. The van der Waals surface area contributed by atoms with Gasteiger partial charge < -0.3 is 14.6 Å². The number of hydrogen-bond acceptors (Lipinski definition) is 4. The molecule has 0 aliphatic heterocycles. The molecule has 1 rings (SSSR count). The standard InChI is InChI=1S/C12H15BrO4/c1-3-16-11-5-9(6-14)4-10(13)12(11)17-7-8(2)15/h4-6,8,15H,3,7H2,1-2H3. The second kappa shape index (κ2) is 6.61. The van der Waals surface area contributed by atoms with Gasteiger partial charge in [-0.2, -0.15) is 0 Å². The van der Waals surface area contributed by atoms with E-state index in [1.165, 1.54) is 0 Å². The van der Waals surface area contributed by atoms with E-state index in [0.717, 1.165) is 6.29 Å². The highest BCUT2D eigenvalue weighted by Crippen LogP contribution is 2.36. The van der Waals surface area contributed by atoms with Crippen LogP contribution in [-0.4, -0.2) is 30.7 Å². The minimum absolute atomic E-state index is 0.166. The molecule has 0 saturated carbocycles. The van der Waals surface area contributed by atoms with E-state index >= 15 is 0 Å². The summed E-state index contributed by atoms with van der Waals surface area (Å²) in [4.78, 5) is 10.7. The van der Waals surface area contributed by atoms with Gasteiger partial charge in [-0.05, 0) is 41.9 Å². The van der Waals surface area contributed by atoms with Crippen molar-refractivity contribution in [3.8, 4) is 11.5 Å². The lowest BCUT2D eigenvalue weighted by Crippen LogP contribution is -2.13. The summed E-state index contributed by atoms with van der Waals surface area (Å²) >= 11 is 3.31. The molecule has 0 radical (unpaired) electrons. The summed E-state index contributed by atoms with van der Waals surface area (Å²) in [6, 6.07) is 3.26. The van der Waals surface area contributed by atoms with Crippen molar-refractivity contribution in [1.29, 1.82) is 0 Å². The van der Waals surface area contributed by atoms with Gasteiger partial charge >= 0.3 is 0 Å². The third-order valence-electron chi connectivity index (χ3n) is 1.94. The van der Waals surface area contributed by atoms with E-state index in [-0.39, 0.29) is 6.61 Å². The lowest BCUT2D eigenvalue weighted by Gasteiger charge is -2.15. The van der Waals surface area contributed by atoms with Crippen LogP contribution in [0.5, 0.6) is 11.5 Å². The molecular formula is C12H15BrO4. The molecule has 0 aromatic heterocycles. The average molecular weight is 303 g/mol. The van der Waals surface area contributed by atoms with Crippen LogP contribution < -0.4 is 9.47 Å². The smallest absolute Gasteiger partial charge is 0.175 e. The Morgan fingerprint density at radius 3 is 2.71 bits per heavy atom. The van der Waals surface area contributed by atoms with Crippen LogP contribution >= 0.6 is 15.9 Å². The number of hydrogen-bond donors (Lipinski definition) is 1. The third-order valence-corrected chi connectivity index (χ3v) is 2.53. The molecule has 0 heterocycles. The predicted octanol–water partition coefficient (Wildman–Crippen LogP) is 2.42. The summed E-state index contributed by atoms with van der Waals surface area (Å²) in [5.74, 6) is 0.989. The lowest BCUT2D eigenvalue weighted by molar-refractivity contribution is 0.112. The van der Waals surface area contributed by atoms with Gasteiger partial charge in [-0.3, -0.25) is 4.79 Å². The fraction of sp³-hybridized carbons (Fsp3) is 0.417. The number of ether oxygens (including phenoxy) is 2. The predicted molar refractivity (Wildman–Crippen MR) is 67.9 cm³/mol. The van der Waals surface area contributed by atoms with Crippen molar-refractivity contribution in [3.05, 3.63) is 22.2 Å². The molecule has 1 aromatic rings. The molecule has 1 unspecified atom stereocenters. The van der Waals surface area contributed by atoms with Crippen molar-refractivity contribution in [2.45, 2.75) is 20.0 Å². The van der Waals surface area contributed by atoms with Gasteiger partial charge in [0.2, 0.25) is 0 Å². The number of halogens is 1. The van der Waals surface area contributed by atoms with E-state index in [0.29, 0.717) is 28.1 Å². The van der Waals surface area contributed by atoms with Crippen LogP contribution in [0, 0.1) is 0 Å². The second-order valence-electron chi connectivity index (χ2n) is 3.54. The van der Waals surface area contributed by atoms with Crippen LogP contribution in [0.2, 0.25) is 0 Å². The maximum atomic E-state index is 10.7. The molecular weight excluding hydrogens is 288 g/mol. The summed E-state index contributed by atoms with van der Waals surface area (Å²) in [7, 11) is 0. The lowest BCUT2D eigenvalue weighted by atomic mass is 10.2. The third kappa shape index (κ3) is 4.02. The molecule has 1 atom stereocenters. The molecule has 0 amide bonds. The van der Waals surface area contributed by atoms with Gasteiger partial charge in [-0.25, -0.2) is 0 Å². The van der Waals surface area contributed by atoms with E-state index in [2.05, 4.69) is 15.9 Å². The van der Waals surface area contributed by atoms with E-state index in [1.54, 1.807) is 19.1 Å². The molecule has 0 fully saturated rings. The van der Waals surface area contributed by atoms with Crippen LogP contribution in [0.1, 0.15) is 24.2 Å². The minimum atomic E-state index is -0.567. The molecule has 1 aromatic carbocycles. The number of carbonyl (C=O) groups excluding carboxylic acids is 1. The van der Waals surface area contributed by atoms with Crippen molar-refractivity contribution in [2.75, 3.05) is 13.2 Å². The Morgan fingerprint density at radius 2 is 2.18 bits per heavy atom. The Morgan fingerprint density at radius 1 is 1.47 bits per heavy atom. The van der Waals surface area contributed by atoms with Gasteiger partial charge in [-0.15, -0.1) is 0 Å². The maximum absolute atomic E-state index is 10.7. The number of benzene rings is 1. The van der Waals surface area contributed by atoms with Crippen molar-refractivity contribution in [3.63, 3.8) is 0 Å². The highest BCUT2D eigenvalue weighted by molar-refractivity contribution is 9.10. The van der Waals surface area contributed by atoms with E-state index in [9.17, 15) is 9.90 Å². The number of rotatable bonds is 6. The fourth-order valence-electron chi connectivity index (χ4n) is 1.26. The Balaban J connectivity index is 3.02. The SMILES string of the molecule is CCOc1cc(C=O)cc(Br)c1OCC(C)O. The van der Waals surface area contributed by atoms with Crippen LogP contribution in [0.25, 0.3) is 0 Å². The number of aldehydes is 1. The van der Waals surface area contributed by atoms with Crippen molar-refractivity contribution < 1.29 is 19.4 Å². The van der Waals surface area contributed by atoms with Crippen LogP contribution in [-0.2, 0) is 0 Å². The largest absolute Gasteiger partial charge is 0.490 e. The Hall–Kier alpha value is -1.07. The zero-order chi connectivity index (χ0) is 12.8. The monoisotopic (exact) mass is 302 g/mol. The molecule has 0 aliphatic carbocycles. The van der Waals surface area contributed by atoms with Gasteiger partial charge in [-0.1, -0.05) is 0 Å². The van der Waals surface area contributed by atoms with Gasteiger partial charge in [0.15, 0.2) is 11.5 Å². The summed E-state index contributed by atoms with van der Waals surface area (Å²) in [5.41, 5.74) is 0.504. The summed E-state index contributed by atoms with van der Waals surface area (Å²) in [5, 5.41) is 9.19. The molecule has 0 aliphatic rings. The molecule has 4 nitrogen and oxygen atoms in total. The molecule has 1 N–H and O–H groups in total. The molecule has 0 bridgehead atoms. The first kappa shape index (κ1) is 14.0. The first-order valence-corrected chi connectivity index (χ1v) is 6.10. The van der Waals surface area contributed by atoms with Gasteiger partial charge in [0, 0.05) is 5.56 Å². The van der Waals surface area contributed by atoms with Crippen molar-refractivity contribution >= 4 is 22.2 Å². The van der Waals surface area contributed by atoms with E-state index in [4.69, 9.17) is 9.47 Å². The fourth-order valence-corrected chi connectivity index (χ4v) is 1.84. The minimum Gasteiger partial charge on any atom is -0.490 e. The van der Waals surface area contributed by atoms with Gasteiger partial charge in [0.05, 0.1) is 17.2 Å². The van der Waals surface area contributed by atoms with Crippen LogP contribution in [0.3, 0.4) is 0 Å². The van der Waals surface area contributed by atoms with E-state index in [1.807, 2.05) is 6.92 Å². The second-order valence-corrected chi connectivity index (χ2v) is 4.40. The summed E-state index contributed by atoms with van der Waals surface area (Å²) in [6.45, 7) is 4.12. The molecule has 0 saturated heterocycles. The molecule has 0 spiro atoms. The number of aliphatic hydroxyl groups is 1. The summed E-state index contributed by atoms with van der Waals surface area (Å²) < 4.78 is 11.5. The van der Waals surface area contributed by atoms with Crippen molar-refractivity contribution in [2.24, 2.45) is 0 Å². The molecule has 5 heteroatoms. The zero-order valence-corrected chi connectivity index (χ0v) is 11.4. The first-order valence-electron chi connectivity index (χ1n) is 5.30. The van der Waals surface area contributed by atoms with E-state index < -0.39 is 6.10 Å². The Bertz CT molecular complexity index is 390. The molecule has 17 heavy (non-hydrogen) atoms.